The van der Waals surface area contributed by atoms with E-state index in [0.29, 0.717) is 0 Å². The average molecular weight is 274 g/mol. The Labute approximate surface area is 117 Å². The Hall–Kier alpha value is -1.65. The van der Waals surface area contributed by atoms with Gasteiger partial charge in [-0.1, -0.05) is 12.1 Å². The van der Waals surface area contributed by atoms with Gasteiger partial charge in [0.2, 0.25) is 5.91 Å². The van der Waals surface area contributed by atoms with Gasteiger partial charge in [0.15, 0.2) is 0 Å². The van der Waals surface area contributed by atoms with Gasteiger partial charge in [0, 0.05) is 19.2 Å². The summed E-state index contributed by atoms with van der Waals surface area (Å²) in [6.45, 7) is 3.34. The first-order chi connectivity index (χ1) is 9.24. The van der Waals surface area contributed by atoms with E-state index in [1.165, 1.54) is 18.1 Å². The number of benzene rings is 1. The molecule has 19 heavy (non-hydrogen) atoms. The summed E-state index contributed by atoms with van der Waals surface area (Å²) in [6.07, 6.45) is 1.06. The lowest BCUT2D eigenvalue weighted by molar-refractivity contribution is -0.114. The summed E-state index contributed by atoms with van der Waals surface area (Å²) >= 11 is 1.74. The van der Waals surface area contributed by atoms with E-state index in [2.05, 4.69) is 27.5 Å². The quantitative estimate of drug-likeness (QED) is 0.795. The zero-order valence-corrected chi connectivity index (χ0v) is 11.8. The predicted molar refractivity (Wildman–Crippen MR) is 80.5 cm³/mol. The Morgan fingerprint density at radius 2 is 1.95 bits per heavy atom. The van der Waals surface area contributed by atoms with E-state index in [9.17, 15) is 4.79 Å². The maximum Gasteiger partial charge on any atom is 0.221 e. The average Bonchev–Trinajstić information content (AvgIpc) is 2.89. The molecule has 0 atom stereocenters. The van der Waals surface area contributed by atoms with Gasteiger partial charge in [-0.15, -0.1) is 0 Å². The minimum absolute atomic E-state index is 0.0402. The number of hydrogen-bond acceptors (Lipinski definition) is 3. The highest BCUT2D eigenvalue weighted by atomic mass is 32.1. The second-order valence-electron chi connectivity index (χ2n) is 4.44. The fraction of sp³-hybridized carbons (Fsp3) is 0.267. The maximum absolute atomic E-state index is 10.9. The van der Waals surface area contributed by atoms with Gasteiger partial charge in [0.05, 0.1) is 0 Å². The molecule has 0 radical (unpaired) electrons. The van der Waals surface area contributed by atoms with Gasteiger partial charge in [-0.3, -0.25) is 4.79 Å². The molecule has 3 nitrogen and oxygen atoms in total. The largest absolute Gasteiger partial charge is 0.326 e. The van der Waals surface area contributed by atoms with Gasteiger partial charge in [-0.2, -0.15) is 11.3 Å². The van der Waals surface area contributed by atoms with Crippen LogP contribution in [0.2, 0.25) is 0 Å². The summed E-state index contributed by atoms with van der Waals surface area (Å²) < 4.78 is 0. The van der Waals surface area contributed by atoms with Crippen LogP contribution in [0.25, 0.3) is 0 Å². The van der Waals surface area contributed by atoms with Gasteiger partial charge in [-0.25, -0.2) is 0 Å². The van der Waals surface area contributed by atoms with Crippen molar-refractivity contribution in [2.24, 2.45) is 0 Å². The molecule has 100 valence electrons. The van der Waals surface area contributed by atoms with E-state index in [1.807, 2.05) is 24.3 Å². The Kier molecular flexibility index (Phi) is 5.12. The Morgan fingerprint density at radius 1 is 1.16 bits per heavy atom. The van der Waals surface area contributed by atoms with Crippen LogP contribution in [0.15, 0.2) is 41.1 Å². The van der Waals surface area contributed by atoms with Crippen LogP contribution in [0.4, 0.5) is 5.69 Å². The van der Waals surface area contributed by atoms with Gasteiger partial charge >= 0.3 is 0 Å². The number of anilines is 1. The Morgan fingerprint density at radius 3 is 2.58 bits per heavy atom. The smallest absolute Gasteiger partial charge is 0.221 e. The molecule has 1 aromatic heterocycles. The Bertz CT molecular complexity index is 505. The summed E-state index contributed by atoms with van der Waals surface area (Å²) in [5, 5.41) is 10.5. The van der Waals surface area contributed by atoms with Crippen molar-refractivity contribution in [3.8, 4) is 0 Å². The summed E-state index contributed by atoms with van der Waals surface area (Å²) in [6, 6.07) is 10.1. The number of carbonyl (C=O) groups is 1. The molecule has 2 N–H and O–H groups in total. The highest BCUT2D eigenvalue weighted by Crippen LogP contribution is 2.09. The number of hydrogen-bond donors (Lipinski definition) is 2. The first-order valence-corrected chi connectivity index (χ1v) is 7.26. The molecule has 4 heteroatoms. The van der Waals surface area contributed by atoms with Crippen molar-refractivity contribution in [1.29, 1.82) is 0 Å². The van der Waals surface area contributed by atoms with Crippen LogP contribution in [0.1, 0.15) is 18.1 Å². The van der Waals surface area contributed by atoms with Gasteiger partial charge in [0.25, 0.3) is 0 Å². The molecule has 0 saturated heterocycles. The van der Waals surface area contributed by atoms with E-state index in [1.54, 1.807) is 11.3 Å². The summed E-state index contributed by atoms with van der Waals surface area (Å²) in [7, 11) is 0. The number of amides is 1. The standard InChI is InChI=1S/C15H18N2OS/c1-12(18)17-15-4-2-13(3-5-15)10-16-8-6-14-7-9-19-11-14/h2-5,7,9,11,16H,6,8,10H2,1H3,(H,17,18). The number of carbonyl (C=O) groups excluding carboxylic acids is 1. The molecular formula is C15H18N2OS. The molecular weight excluding hydrogens is 256 g/mol. The fourth-order valence-corrected chi connectivity index (χ4v) is 2.51. The van der Waals surface area contributed by atoms with Crippen molar-refractivity contribution < 1.29 is 4.79 Å². The topological polar surface area (TPSA) is 41.1 Å². The van der Waals surface area contributed by atoms with Crippen LogP contribution >= 0.6 is 11.3 Å². The summed E-state index contributed by atoms with van der Waals surface area (Å²) in [4.78, 5) is 10.9. The highest BCUT2D eigenvalue weighted by Gasteiger charge is 1.97. The highest BCUT2D eigenvalue weighted by molar-refractivity contribution is 7.07. The molecule has 0 spiro atoms. The van der Waals surface area contributed by atoms with Gasteiger partial charge in [0.1, 0.15) is 0 Å². The minimum atomic E-state index is -0.0402. The first kappa shape index (κ1) is 13.8. The molecule has 0 saturated carbocycles. The zero-order valence-electron chi connectivity index (χ0n) is 11.0. The van der Waals surface area contributed by atoms with Crippen molar-refractivity contribution >= 4 is 22.9 Å². The monoisotopic (exact) mass is 274 g/mol. The lowest BCUT2D eigenvalue weighted by atomic mass is 10.2. The molecule has 1 amide bonds. The third-order valence-electron chi connectivity index (χ3n) is 2.77. The molecule has 2 rings (SSSR count). The molecule has 0 unspecified atom stereocenters. The van der Waals surface area contributed by atoms with Crippen molar-refractivity contribution in [1.82, 2.24) is 5.32 Å². The molecule has 2 aromatic rings. The molecule has 0 aliphatic rings. The van der Waals surface area contributed by atoms with E-state index in [4.69, 9.17) is 0 Å². The van der Waals surface area contributed by atoms with Crippen molar-refractivity contribution in [3.05, 3.63) is 52.2 Å². The van der Waals surface area contributed by atoms with E-state index in [-0.39, 0.29) is 5.91 Å². The molecule has 1 heterocycles. The van der Waals surface area contributed by atoms with Gasteiger partial charge in [-0.05, 0) is 53.1 Å². The Balaban J connectivity index is 1.72. The SMILES string of the molecule is CC(=O)Nc1ccc(CNCCc2ccsc2)cc1. The third kappa shape index (κ3) is 4.85. The lowest BCUT2D eigenvalue weighted by Crippen LogP contribution is -2.16. The van der Waals surface area contributed by atoms with E-state index >= 15 is 0 Å². The summed E-state index contributed by atoms with van der Waals surface area (Å²) in [5.74, 6) is -0.0402. The van der Waals surface area contributed by atoms with Crippen molar-refractivity contribution in [3.63, 3.8) is 0 Å². The number of rotatable bonds is 6. The van der Waals surface area contributed by atoms with Crippen LogP contribution in [0.5, 0.6) is 0 Å². The first-order valence-electron chi connectivity index (χ1n) is 6.32. The fourth-order valence-electron chi connectivity index (χ4n) is 1.81. The molecule has 0 aliphatic heterocycles. The normalized spacial score (nSPS) is 10.4. The number of nitrogens with one attached hydrogen (secondary N) is 2. The van der Waals surface area contributed by atoms with Crippen molar-refractivity contribution in [2.45, 2.75) is 19.9 Å². The van der Waals surface area contributed by atoms with Gasteiger partial charge < -0.3 is 10.6 Å². The van der Waals surface area contributed by atoms with Crippen LogP contribution in [-0.4, -0.2) is 12.5 Å². The van der Waals surface area contributed by atoms with Crippen LogP contribution in [0, 0.1) is 0 Å². The maximum atomic E-state index is 10.9. The third-order valence-corrected chi connectivity index (χ3v) is 3.51. The molecule has 0 aliphatic carbocycles. The van der Waals surface area contributed by atoms with Crippen molar-refractivity contribution in [2.75, 3.05) is 11.9 Å². The van der Waals surface area contributed by atoms with Crippen LogP contribution in [0.3, 0.4) is 0 Å². The lowest BCUT2D eigenvalue weighted by Gasteiger charge is -2.06. The minimum Gasteiger partial charge on any atom is -0.326 e. The second-order valence-corrected chi connectivity index (χ2v) is 5.22. The van der Waals surface area contributed by atoms with Crippen LogP contribution < -0.4 is 10.6 Å². The molecule has 0 fully saturated rings. The zero-order chi connectivity index (χ0) is 13.5. The van der Waals surface area contributed by atoms with E-state index in [0.717, 1.165) is 25.2 Å². The number of thiophene rings is 1. The predicted octanol–water partition coefficient (Wildman–Crippen LogP) is 3.04. The van der Waals surface area contributed by atoms with Crippen LogP contribution in [-0.2, 0) is 17.8 Å². The molecule has 0 bridgehead atoms. The summed E-state index contributed by atoms with van der Waals surface area (Å²) in [5.41, 5.74) is 3.45. The molecule has 1 aromatic carbocycles. The van der Waals surface area contributed by atoms with E-state index < -0.39 is 0 Å². The second kappa shape index (κ2) is 7.07.